The predicted molar refractivity (Wildman–Crippen MR) is 86.3 cm³/mol. The number of piperazine rings is 1. The zero-order chi connectivity index (χ0) is 17.8. The molecule has 0 N–H and O–H groups in total. The van der Waals surface area contributed by atoms with Crippen molar-refractivity contribution in [1.29, 1.82) is 0 Å². The minimum atomic E-state index is -0.577. The molecule has 0 atom stereocenters. The molecule has 8 nitrogen and oxygen atoms in total. The average Bonchev–Trinajstić information content (AvgIpc) is 2.97. The summed E-state index contributed by atoms with van der Waals surface area (Å²) in [6, 6.07) is 5.57. The standard InChI is InChI=1S/C16H19FN4O4/c1-2-24-15(22)20-9-7-19(8-10-20)11-21-16(23)25-14(18-21)12-3-5-13(17)6-4-12/h3-6H,2,7-11H2,1H3. The van der Waals surface area contributed by atoms with E-state index < -0.39 is 5.76 Å². The Morgan fingerprint density at radius 2 is 1.92 bits per heavy atom. The quantitative estimate of drug-likeness (QED) is 0.829. The van der Waals surface area contributed by atoms with Crippen LogP contribution in [0.4, 0.5) is 9.18 Å². The molecular weight excluding hydrogens is 331 g/mol. The summed E-state index contributed by atoms with van der Waals surface area (Å²) in [6.07, 6.45) is -0.320. The van der Waals surface area contributed by atoms with Crippen LogP contribution >= 0.6 is 0 Å². The Morgan fingerprint density at radius 1 is 1.24 bits per heavy atom. The Balaban J connectivity index is 1.62. The summed E-state index contributed by atoms with van der Waals surface area (Å²) >= 11 is 0. The Hall–Kier alpha value is -2.68. The van der Waals surface area contributed by atoms with E-state index in [9.17, 15) is 14.0 Å². The van der Waals surface area contributed by atoms with Crippen LogP contribution in [0.3, 0.4) is 0 Å². The molecule has 0 aliphatic carbocycles. The summed E-state index contributed by atoms with van der Waals surface area (Å²) in [6.45, 7) is 4.63. The third-order valence-electron chi connectivity index (χ3n) is 3.93. The van der Waals surface area contributed by atoms with E-state index in [4.69, 9.17) is 9.15 Å². The van der Waals surface area contributed by atoms with Crippen LogP contribution in [-0.2, 0) is 11.4 Å². The largest absolute Gasteiger partial charge is 0.450 e. The molecule has 9 heteroatoms. The number of amides is 1. The topological polar surface area (TPSA) is 80.8 Å². The number of rotatable bonds is 4. The van der Waals surface area contributed by atoms with Gasteiger partial charge >= 0.3 is 11.8 Å². The second-order valence-corrected chi connectivity index (χ2v) is 5.62. The Bertz CT molecular complexity index is 778. The van der Waals surface area contributed by atoms with Crippen LogP contribution in [0.15, 0.2) is 33.5 Å². The predicted octanol–water partition coefficient (Wildman–Crippen LogP) is 1.37. The molecule has 1 fully saturated rings. The molecule has 3 rings (SSSR count). The number of benzene rings is 1. The van der Waals surface area contributed by atoms with E-state index in [1.54, 1.807) is 11.8 Å². The fourth-order valence-corrected chi connectivity index (χ4v) is 2.58. The van der Waals surface area contributed by atoms with Crippen molar-refractivity contribution < 1.29 is 18.3 Å². The molecule has 2 heterocycles. The molecule has 25 heavy (non-hydrogen) atoms. The molecule has 0 spiro atoms. The first kappa shape index (κ1) is 17.2. The summed E-state index contributed by atoms with van der Waals surface area (Å²) in [5.41, 5.74) is 0.532. The highest BCUT2D eigenvalue weighted by Crippen LogP contribution is 2.15. The lowest BCUT2D eigenvalue weighted by Crippen LogP contribution is -2.49. The van der Waals surface area contributed by atoms with Gasteiger partial charge in [-0.2, -0.15) is 4.68 Å². The molecule has 134 valence electrons. The van der Waals surface area contributed by atoms with Crippen LogP contribution < -0.4 is 5.76 Å². The second-order valence-electron chi connectivity index (χ2n) is 5.62. The van der Waals surface area contributed by atoms with Crippen LogP contribution in [0.5, 0.6) is 0 Å². The molecule has 2 aromatic rings. The molecule has 1 aromatic carbocycles. The van der Waals surface area contributed by atoms with E-state index in [0.29, 0.717) is 38.3 Å². The minimum absolute atomic E-state index is 0.148. The Morgan fingerprint density at radius 3 is 2.56 bits per heavy atom. The third-order valence-corrected chi connectivity index (χ3v) is 3.93. The number of ether oxygens (including phenoxy) is 1. The Labute approximate surface area is 143 Å². The summed E-state index contributed by atoms with van der Waals surface area (Å²) in [4.78, 5) is 27.3. The molecule has 1 aliphatic rings. The molecule has 1 aliphatic heterocycles. The van der Waals surface area contributed by atoms with Gasteiger partial charge in [-0.05, 0) is 31.2 Å². The summed E-state index contributed by atoms with van der Waals surface area (Å²) < 4.78 is 24.3. The highest BCUT2D eigenvalue weighted by Gasteiger charge is 2.23. The molecule has 0 saturated carbocycles. The van der Waals surface area contributed by atoms with E-state index in [0.717, 1.165) is 0 Å². The smallest absolute Gasteiger partial charge is 0.438 e. The zero-order valence-corrected chi connectivity index (χ0v) is 13.9. The van der Waals surface area contributed by atoms with Crippen LogP contribution in [0.1, 0.15) is 6.92 Å². The van der Waals surface area contributed by atoms with Crippen molar-refractivity contribution in [1.82, 2.24) is 19.6 Å². The Kier molecular flexibility index (Phi) is 5.13. The lowest BCUT2D eigenvalue weighted by molar-refractivity contribution is 0.0684. The van der Waals surface area contributed by atoms with Crippen LogP contribution in [-0.4, -0.2) is 58.5 Å². The number of carbonyl (C=O) groups excluding carboxylic acids is 1. The molecule has 0 radical (unpaired) electrons. The van der Waals surface area contributed by atoms with Crippen molar-refractivity contribution in [3.05, 3.63) is 40.6 Å². The number of hydrogen-bond donors (Lipinski definition) is 0. The van der Waals surface area contributed by atoms with Crippen molar-refractivity contribution >= 4 is 6.09 Å². The van der Waals surface area contributed by atoms with E-state index in [-0.39, 0.29) is 24.5 Å². The zero-order valence-electron chi connectivity index (χ0n) is 13.9. The lowest BCUT2D eigenvalue weighted by Gasteiger charge is -2.33. The van der Waals surface area contributed by atoms with Gasteiger partial charge in [0.25, 0.3) is 0 Å². The van der Waals surface area contributed by atoms with Gasteiger partial charge < -0.3 is 14.1 Å². The molecule has 1 saturated heterocycles. The SMILES string of the molecule is CCOC(=O)N1CCN(Cn2nc(-c3ccc(F)cc3)oc2=O)CC1. The molecule has 0 bridgehead atoms. The van der Waals surface area contributed by atoms with Gasteiger partial charge in [0.15, 0.2) is 0 Å². The van der Waals surface area contributed by atoms with E-state index in [2.05, 4.69) is 5.10 Å². The fraction of sp³-hybridized carbons (Fsp3) is 0.438. The first-order chi connectivity index (χ1) is 12.1. The van der Waals surface area contributed by atoms with E-state index >= 15 is 0 Å². The van der Waals surface area contributed by atoms with Crippen molar-refractivity contribution in [3.8, 4) is 11.5 Å². The number of aromatic nitrogens is 2. The van der Waals surface area contributed by atoms with Crippen LogP contribution in [0.25, 0.3) is 11.5 Å². The molecular formula is C16H19FN4O4. The second kappa shape index (κ2) is 7.47. The highest BCUT2D eigenvalue weighted by atomic mass is 19.1. The van der Waals surface area contributed by atoms with Gasteiger partial charge in [-0.1, -0.05) is 0 Å². The van der Waals surface area contributed by atoms with Crippen LogP contribution in [0.2, 0.25) is 0 Å². The van der Waals surface area contributed by atoms with Crippen molar-refractivity contribution in [2.45, 2.75) is 13.6 Å². The highest BCUT2D eigenvalue weighted by molar-refractivity contribution is 5.67. The maximum absolute atomic E-state index is 13.0. The van der Waals surface area contributed by atoms with Crippen molar-refractivity contribution in [2.75, 3.05) is 32.8 Å². The maximum Gasteiger partial charge on any atom is 0.438 e. The van der Waals surface area contributed by atoms with Gasteiger partial charge in [0.05, 0.1) is 6.61 Å². The summed E-state index contributed by atoms with van der Waals surface area (Å²) in [5.74, 6) is -0.799. The van der Waals surface area contributed by atoms with Gasteiger partial charge in [-0.3, -0.25) is 4.90 Å². The summed E-state index contributed by atoms with van der Waals surface area (Å²) in [7, 11) is 0. The number of halogens is 1. The monoisotopic (exact) mass is 350 g/mol. The summed E-state index contributed by atoms with van der Waals surface area (Å²) in [5, 5.41) is 4.16. The van der Waals surface area contributed by atoms with E-state index in [1.807, 2.05) is 4.90 Å². The van der Waals surface area contributed by atoms with Gasteiger partial charge in [0, 0.05) is 31.7 Å². The number of carbonyl (C=O) groups is 1. The lowest BCUT2D eigenvalue weighted by atomic mass is 10.2. The normalized spacial score (nSPS) is 15.4. The fourth-order valence-electron chi connectivity index (χ4n) is 2.58. The average molecular weight is 350 g/mol. The van der Waals surface area contributed by atoms with Gasteiger partial charge in [-0.15, -0.1) is 5.10 Å². The molecule has 1 aromatic heterocycles. The van der Waals surface area contributed by atoms with Crippen molar-refractivity contribution in [3.63, 3.8) is 0 Å². The first-order valence-electron chi connectivity index (χ1n) is 8.04. The van der Waals surface area contributed by atoms with Crippen molar-refractivity contribution in [2.24, 2.45) is 0 Å². The third kappa shape index (κ3) is 4.05. The van der Waals surface area contributed by atoms with Gasteiger partial charge in [0.1, 0.15) is 12.5 Å². The van der Waals surface area contributed by atoms with Crippen LogP contribution in [0, 0.1) is 5.82 Å². The maximum atomic E-state index is 13.0. The molecule has 0 unspecified atom stereocenters. The molecule has 1 amide bonds. The van der Waals surface area contributed by atoms with Gasteiger partial charge in [-0.25, -0.2) is 14.0 Å². The first-order valence-corrected chi connectivity index (χ1v) is 8.04. The minimum Gasteiger partial charge on any atom is -0.450 e. The number of nitrogens with zero attached hydrogens (tertiary/aromatic N) is 4. The van der Waals surface area contributed by atoms with Gasteiger partial charge in [0.2, 0.25) is 5.89 Å². The van der Waals surface area contributed by atoms with E-state index in [1.165, 1.54) is 28.9 Å². The number of hydrogen-bond acceptors (Lipinski definition) is 6.